The predicted molar refractivity (Wildman–Crippen MR) is 63.4 cm³/mol. The van der Waals surface area contributed by atoms with Gasteiger partial charge in [0.05, 0.1) is 6.10 Å². The summed E-state index contributed by atoms with van der Waals surface area (Å²) in [5.74, 6) is 0. The molecule has 1 fully saturated rings. The van der Waals surface area contributed by atoms with E-state index in [1.165, 1.54) is 0 Å². The fourth-order valence-electron chi connectivity index (χ4n) is 1.85. The van der Waals surface area contributed by atoms with Crippen LogP contribution in [-0.4, -0.2) is 65.8 Å². The van der Waals surface area contributed by atoms with Crippen LogP contribution in [0.15, 0.2) is 0 Å². The van der Waals surface area contributed by atoms with Gasteiger partial charge < -0.3 is 15.3 Å². The monoisotopic (exact) mass is 229 g/mol. The highest BCUT2D eigenvalue weighted by Gasteiger charge is 2.21. The Labute approximate surface area is 97.4 Å². The Bertz CT molecular complexity index is 223. The average Bonchev–Trinajstić information content (AvgIpc) is 2.16. The minimum atomic E-state index is -0.295. The molecule has 1 aliphatic heterocycles. The summed E-state index contributed by atoms with van der Waals surface area (Å²) >= 11 is 0. The van der Waals surface area contributed by atoms with E-state index in [4.69, 9.17) is 0 Å². The quantitative estimate of drug-likeness (QED) is 0.722. The molecule has 1 atom stereocenters. The Hall–Kier alpha value is -0.810. The molecule has 0 aromatic carbocycles. The normalized spacial score (nSPS) is 19.9. The molecule has 94 valence electrons. The number of urea groups is 1. The van der Waals surface area contributed by atoms with Crippen LogP contribution in [0.5, 0.6) is 0 Å². The smallest absolute Gasteiger partial charge is 0.317 e. The standard InChI is InChI=1S/C11H23N3O2/c1-9(2)12-11(16)14-6-4-13(5-7-14)8-10(3)15/h9-10,15H,4-8H2,1-3H3,(H,12,16). The summed E-state index contributed by atoms with van der Waals surface area (Å²) in [7, 11) is 0. The molecule has 0 aromatic heterocycles. The molecule has 16 heavy (non-hydrogen) atoms. The zero-order valence-electron chi connectivity index (χ0n) is 10.4. The summed E-state index contributed by atoms with van der Waals surface area (Å²) in [6, 6.07) is 0.203. The average molecular weight is 229 g/mol. The molecule has 5 heteroatoms. The van der Waals surface area contributed by atoms with Crippen LogP contribution in [0.25, 0.3) is 0 Å². The molecule has 0 aromatic rings. The zero-order valence-corrected chi connectivity index (χ0v) is 10.4. The van der Waals surface area contributed by atoms with Gasteiger partial charge in [0.2, 0.25) is 0 Å². The van der Waals surface area contributed by atoms with Crippen LogP contribution < -0.4 is 5.32 Å². The molecule has 0 radical (unpaired) electrons. The molecular weight excluding hydrogens is 206 g/mol. The van der Waals surface area contributed by atoms with Gasteiger partial charge in [-0.25, -0.2) is 4.79 Å². The first-order valence-corrected chi connectivity index (χ1v) is 5.95. The number of aliphatic hydroxyl groups excluding tert-OH is 1. The molecule has 0 aliphatic carbocycles. The van der Waals surface area contributed by atoms with Crippen molar-refractivity contribution in [3.63, 3.8) is 0 Å². The maximum Gasteiger partial charge on any atom is 0.317 e. The number of carbonyl (C=O) groups is 1. The van der Waals surface area contributed by atoms with Crippen LogP contribution in [0, 0.1) is 0 Å². The lowest BCUT2D eigenvalue weighted by Gasteiger charge is -2.35. The largest absolute Gasteiger partial charge is 0.392 e. The number of β-amino-alcohol motifs (C(OH)–C–C–N with tert-alkyl or cyclic N) is 1. The predicted octanol–water partition coefficient (Wildman–Crippen LogP) is 0.103. The van der Waals surface area contributed by atoms with E-state index in [9.17, 15) is 9.90 Å². The van der Waals surface area contributed by atoms with Crippen molar-refractivity contribution in [2.75, 3.05) is 32.7 Å². The van der Waals surface area contributed by atoms with E-state index in [2.05, 4.69) is 10.2 Å². The van der Waals surface area contributed by atoms with Gasteiger partial charge in [-0.2, -0.15) is 0 Å². The molecule has 1 rings (SSSR count). The second kappa shape index (κ2) is 6.06. The van der Waals surface area contributed by atoms with E-state index < -0.39 is 0 Å². The third-order valence-electron chi connectivity index (χ3n) is 2.59. The van der Waals surface area contributed by atoms with Crippen molar-refractivity contribution in [3.05, 3.63) is 0 Å². The van der Waals surface area contributed by atoms with Crippen molar-refractivity contribution < 1.29 is 9.90 Å². The first-order chi connectivity index (χ1) is 7.49. The number of amides is 2. The summed E-state index contributed by atoms with van der Waals surface area (Å²) in [5.41, 5.74) is 0. The lowest BCUT2D eigenvalue weighted by atomic mass is 10.3. The summed E-state index contributed by atoms with van der Waals surface area (Å²) in [6.45, 7) is 9.57. The van der Waals surface area contributed by atoms with Gasteiger partial charge >= 0.3 is 6.03 Å². The summed E-state index contributed by atoms with van der Waals surface area (Å²) in [4.78, 5) is 15.7. The third-order valence-corrected chi connectivity index (χ3v) is 2.59. The summed E-state index contributed by atoms with van der Waals surface area (Å²) in [6.07, 6.45) is -0.295. The maximum absolute atomic E-state index is 11.7. The van der Waals surface area contributed by atoms with E-state index in [1.807, 2.05) is 18.7 Å². The Balaban J connectivity index is 2.28. The highest BCUT2D eigenvalue weighted by Crippen LogP contribution is 2.03. The molecular formula is C11H23N3O2. The number of nitrogens with zero attached hydrogens (tertiary/aromatic N) is 2. The lowest BCUT2D eigenvalue weighted by Crippen LogP contribution is -2.53. The Morgan fingerprint density at radius 3 is 2.25 bits per heavy atom. The highest BCUT2D eigenvalue weighted by molar-refractivity contribution is 5.74. The second-order valence-electron chi connectivity index (χ2n) is 4.74. The SMILES string of the molecule is CC(O)CN1CCN(C(=O)NC(C)C)CC1. The van der Waals surface area contributed by atoms with Crippen molar-refractivity contribution in [1.29, 1.82) is 0 Å². The number of nitrogens with one attached hydrogen (secondary N) is 1. The van der Waals surface area contributed by atoms with Crippen molar-refractivity contribution >= 4 is 6.03 Å². The second-order valence-corrected chi connectivity index (χ2v) is 4.74. The van der Waals surface area contributed by atoms with Crippen LogP contribution in [-0.2, 0) is 0 Å². The first kappa shape index (κ1) is 13.3. The van der Waals surface area contributed by atoms with Gasteiger partial charge in [0.25, 0.3) is 0 Å². The molecule has 5 nitrogen and oxygen atoms in total. The van der Waals surface area contributed by atoms with Gasteiger partial charge in [0.1, 0.15) is 0 Å². The van der Waals surface area contributed by atoms with Gasteiger partial charge in [-0.05, 0) is 20.8 Å². The molecule has 0 saturated carbocycles. The van der Waals surface area contributed by atoms with Gasteiger partial charge in [0, 0.05) is 38.8 Å². The van der Waals surface area contributed by atoms with Gasteiger partial charge in [-0.15, -0.1) is 0 Å². The van der Waals surface area contributed by atoms with Crippen LogP contribution in [0.2, 0.25) is 0 Å². The molecule has 1 unspecified atom stereocenters. The van der Waals surface area contributed by atoms with E-state index >= 15 is 0 Å². The fourth-order valence-corrected chi connectivity index (χ4v) is 1.85. The van der Waals surface area contributed by atoms with Crippen LogP contribution in [0.4, 0.5) is 4.79 Å². The molecule has 0 bridgehead atoms. The molecule has 2 N–H and O–H groups in total. The van der Waals surface area contributed by atoms with Crippen LogP contribution >= 0.6 is 0 Å². The number of carbonyl (C=O) groups excluding carboxylic acids is 1. The van der Waals surface area contributed by atoms with E-state index in [0.29, 0.717) is 6.54 Å². The van der Waals surface area contributed by atoms with Gasteiger partial charge in [-0.1, -0.05) is 0 Å². The van der Waals surface area contributed by atoms with Crippen molar-refractivity contribution in [2.45, 2.75) is 32.9 Å². The Kier molecular flexibility index (Phi) is 5.02. The van der Waals surface area contributed by atoms with E-state index in [1.54, 1.807) is 6.92 Å². The van der Waals surface area contributed by atoms with E-state index in [0.717, 1.165) is 26.2 Å². The third kappa shape index (κ3) is 4.37. The highest BCUT2D eigenvalue weighted by atomic mass is 16.3. The van der Waals surface area contributed by atoms with Crippen molar-refractivity contribution in [1.82, 2.24) is 15.1 Å². The number of piperazine rings is 1. The summed E-state index contributed by atoms with van der Waals surface area (Å²) in [5, 5.41) is 12.2. The molecule has 1 aliphatic rings. The minimum absolute atomic E-state index is 0.0201. The topological polar surface area (TPSA) is 55.8 Å². The molecule has 1 saturated heterocycles. The lowest BCUT2D eigenvalue weighted by molar-refractivity contribution is 0.0894. The maximum atomic E-state index is 11.7. The number of hydrogen-bond donors (Lipinski definition) is 2. The van der Waals surface area contributed by atoms with Gasteiger partial charge in [-0.3, -0.25) is 4.90 Å². The first-order valence-electron chi connectivity index (χ1n) is 5.95. The van der Waals surface area contributed by atoms with Gasteiger partial charge in [0.15, 0.2) is 0 Å². The number of rotatable bonds is 3. The summed E-state index contributed by atoms with van der Waals surface area (Å²) < 4.78 is 0. The minimum Gasteiger partial charge on any atom is -0.392 e. The van der Waals surface area contributed by atoms with Crippen LogP contribution in [0.3, 0.4) is 0 Å². The van der Waals surface area contributed by atoms with Crippen LogP contribution in [0.1, 0.15) is 20.8 Å². The molecule has 0 spiro atoms. The Morgan fingerprint density at radius 2 is 1.81 bits per heavy atom. The fraction of sp³-hybridized carbons (Fsp3) is 0.909. The van der Waals surface area contributed by atoms with E-state index in [-0.39, 0.29) is 18.2 Å². The van der Waals surface area contributed by atoms with Crippen molar-refractivity contribution in [2.24, 2.45) is 0 Å². The van der Waals surface area contributed by atoms with Crippen molar-refractivity contribution in [3.8, 4) is 0 Å². The zero-order chi connectivity index (χ0) is 12.1. The molecule has 2 amide bonds. The molecule has 1 heterocycles. The number of aliphatic hydroxyl groups is 1. The Morgan fingerprint density at radius 1 is 1.25 bits per heavy atom. The number of hydrogen-bond acceptors (Lipinski definition) is 3.